The second-order valence-corrected chi connectivity index (χ2v) is 4.72. The predicted octanol–water partition coefficient (Wildman–Crippen LogP) is 0.579. The standard InChI is InChI=1S/C12H26N2O2/c1-13-12(10-15-3)8-14(2)6-7-16-9-11-4-5-11/h11-13H,4-10H2,1-3H3. The molecule has 1 N–H and O–H groups in total. The van der Waals surface area contributed by atoms with Gasteiger partial charge in [0.05, 0.1) is 13.2 Å². The van der Waals surface area contributed by atoms with E-state index in [1.165, 1.54) is 12.8 Å². The van der Waals surface area contributed by atoms with Gasteiger partial charge in [0, 0.05) is 32.8 Å². The van der Waals surface area contributed by atoms with Crippen LogP contribution in [-0.4, -0.2) is 65.1 Å². The topological polar surface area (TPSA) is 33.7 Å². The summed E-state index contributed by atoms with van der Waals surface area (Å²) >= 11 is 0. The highest BCUT2D eigenvalue weighted by molar-refractivity contribution is 4.72. The number of hydrogen-bond acceptors (Lipinski definition) is 4. The highest BCUT2D eigenvalue weighted by Gasteiger charge is 2.21. The average Bonchev–Trinajstić information content (AvgIpc) is 3.07. The van der Waals surface area contributed by atoms with Gasteiger partial charge in [-0.2, -0.15) is 0 Å². The van der Waals surface area contributed by atoms with Crippen molar-refractivity contribution in [3.63, 3.8) is 0 Å². The number of nitrogens with zero attached hydrogens (tertiary/aromatic N) is 1. The Morgan fingerprint density at radius 1 is 1.44 bits per heavy atom. The Kier molecular flexibility index (Phi) is 6.96. The van der Waals surface area contributed by atoms with Crippen LogP contribution in [0.2, 0.25) is 0 Å². The summed E-state index contributed by atoms with van der Waals surface area (Å²) in [5.74, 6) is 0.865. The number of methoxy groups -OCH3 is 1. The molecule has 1 atom stereocenters. The van der Waals surface area contributed by atoms with E-state index in [1.54, 1.807) is 7.11 Å². The second-order valence-electron chi connectivity index (χ2n) is 4.72. The summed E-state index contributed by atoms with van der Waals surface area (Å²) in [6.07, 6.45) is 2.73. The molecule has 0 aromatic heterocycles. The molecule has 1 fully saturated rings. The van der Waals surface area contributed by atoms with E-state index >= 15 is 0 Å². The maximum Gasteiger partial charge on any atom is 0.0628 e. The van der Waals surface area contributed by atoms with Crippen molar-refractivity contribution < 1.29 is 9.47 Å². The van der Waals surface area contributed by atoms with E-state index in [9.17, 15) is 0 Å². The summed E-state index contributed by atoms with van der Waals surface area (Å²) in [6, 6.07) is 0.401. The fourth-order valence-corrected chi connectivity index (χ4v) is 1.65. The van der Waals surface area contributed by atoms with Crippen LogP contribution in [0, 0.1) is 5.92 Å². The smallest absolute Gasteiger partial charge is 0.0628 e. The van der Waals surface area contributed by atoms with E-state index in [4.69, 9.17) is 9.47 Å². The number of rotatable bonds is 10. The summed E-state index contributed by atoms with van der Waals surface area (Å²) in [5.41, 5.74) is 0. The van der Waals surface area contributed by atoms with Crippen LogP contribution in [0.1, 0.15) is 12.8 Å². The SMILES string of the molecule is CNC(COC)CN(C)CCOCC1CC1. The molecular formula is C12H26N2O2. The van der Waals surface area contributed by atoms with Gasteiger partial charge in [-0.15, -0.1) is 0 Å². The first-order chi connectivity index (χ1) is 7.76. The molecular weight excluding hydrogens is 204 g/mol. The molecule has 96 valence electrons. The molecule has 0 radical (unpaired) electrons. The Balaban J connectivity index is 1.96. The first-order valence-electron chi connectivity index (χ1n) is 6.18. The van der Waals surface area contributed by atoms with Crippen molar-refractivity contribution in [2.24, 2.45) is 5.92 Å². The third-order valence-corrected chi connectivity index (χ3v) is 2.98. The third-order valence-electron chi connectivity index (χ3n) is 2.98. The average molecular weight is 230 g/mol. The lowest BCUT2D eigenvalue weighted by molar-refractivity contribution is 0.0937. The summed E-state index contributed by atoms with van der Waals surface area (Å²) in [6.45, 7) is 4.55. The van der Waals surface area contributed by atoms with Crippen LogP contribution in [0.5, 0.6) is 0 Å². The minimum Gasteiger partial charge on any atom is -0.383 e. The summed E-state index contributed by atoms with van der Waals surface area (Å²) in [4.78, 5) is 2.28. The largest absolute Gasteiger partial charge is 0.383 e. The second kappa shape index (κ2) is 8.01. The van der Waals surface area contributed by atoms with E-state index in [1.807, 2.05) is 7.05 Å². The van der Waals surface area contributed by atoms with E-state index in [0.717, 1.165) is 38.8 Å². The number of hydrogen-bond donors (Lipinski definition) is 1. The van der Waals surface area contributed by atoms with Gasteiger partial charge in [0.1, 0.15) is 0 Å². The molecule has 0 aromatic carbocycles. The molecule has 1 unspecified atom stereocenters. The van der Waals surface area contributed by atoms with Crippen LogP contribution >= 0.6 is 0 Å². The van der Waals surface area contributed by atoms with Gasteiger partial charge in [0.2, 0.25) is 0 Å². The van der Waals surface area contributed by atoms with Crippen molar-refractivity contribution in [3.05, 3.63) is 0 Å². The van der Waals surface area contributed by atoms with Crippen LogP contribution in [0.3, 0.4) is 0 Å². The monoisotopic (exact) mass is 230 g/mol. The van der Waals surface area contributed by atoms with Crippen molar-refractivity contribution in [1.82, 2.24) is 10.2 Å². The molecule has 4 heteroatoms. The van der Waals surface area contributed by atoms with E-state index in [2.05, 4.69) is 17.3 Å². The van der Waals surface area contributed by atoms with Crippen LogP contribution < -0.4 is 5.32 Å². The highest BCUT2D eigenvalue weighted by Crippen LogP contribution is 2.28. The first-order valence-corrected chi connectivity index (χ1v) is 6.18. The van der Waals surface area contributed by atoms with Gasteiger partial charge in [0.25, 0.3) is 0 Å². The first kappa shape index (κ1) is 13.9. The normalized spacial score (nSPS) is 18.0. The zero-order valence-corrected chi connectivity index (χ0v) is 10.9. The predicted molar refractivity (Wildman–Crippen MR) is 65.8 cm³/mol. The molecule has 1 aliphatic rings. The third kappa shape index (κ3) is 6.43. The highest BCUT2D eigenvalue weighted by atomic mass is 16.5. The molecule has 0 spiro atoms. The Hall–Kier alpha value is -0.160. The van der Waals surface area contributed by atoms with Crippen LogP contribution in [0.25, 0.3) is 0 Å². The zero-order valence-electron chi connectivity index (χ0n) is 10.9. The lowest BCUT2D eigenvalue weighted by Crippen LogP contribution is -2.41. The van der Waals surface area contributed by atoms with Crippen LogP contribution in [0.15, 0.2) is 0 Å². The molecule has 0 heterocycles. The molecule has 4 nitrogen and oxygen atoms in total. The van der Waals surface area contributed by atoms with Crippen molar-refractivity contribution in [1.29, 1.82) is 0 Å². The minimum atomic E-state index is 0.401. The van der Waals surface area contributed by atoms with Crippen LogP contribution in [-0.2, 0) is 9.47 Å². The Morgan fingerprint density at radius 3 is 2.75 bits per heavy atom. The van der Waals surface area contributed by atoms with Gasteiger partial charge in [-0.25, -0.2) is 0 Å². The van der Waals surface area contributed by atoms with Gasteiger partial charge in [-0.1, -0.05) is 0 Å². The zero-order chi connectivity index (χ0) is 11.8. The molecule has 1 aliphatic carbocycles. The van der Waals surface area contributed by atoms with Gasteiger partial charge in [-0.05, 0) is 32.9 Å². The Bertz CT molecular complexity index is 174. The van der Waals surface area contributed by atoms with E-state index < -0.39 is 0 Å². The Morgan fingerprint density at radius 2 is 2.19 bits per heavy atom. The van der Waals surface area contributed by atoms with Crippen LogP contribution in [0.4, 0.5) is 0 Å². The van der Waals surface area contributed by atoms with Gasteiger partial charge < -0.3 is 19.7 Å². The fourth-order valence-electron chi connectivity index (χ4n) is 1.65. The lowest BCUT2D eigenvalue weighted by atomic mass is 10.3. The maximum absolute atomic E-state index is 5.61. The lowest BCUT2D eigenvalue weighted by Gasteiger charge is -2.23. The molecule has 0 aromatic rings. The van der Waals surface area contributed by atoms with Crippen molar-refractivity contribution in [3.8, 4) is 0 Å². The number of likely N-dealkylation sites (N-methyl/N-ethyl adjacent to an activating group) is 2. The summed E-state index contributed by atoms with van der Waals surface area (Å²) in [7, 11) is 5.84. The van der Waals surface area contributed by atoms with E-state index in [-0.39, 0.29) is 0 Å². The maximum atomic E-state index is 5.61. The molecule has 0 aliphatic heterocycles. The molecule has 0 bridgehead atoms. The minimum absolute atomic E-state index is 0.401. The van der Waals surface area contributed by atoms with Gasteiger partial charge in [0.15, 0.2) is 0 Å². The molecule has 0 saturated heterocycles. The van der Waals surface area contributed by atoms with E-state index in [0.29, 0.717) is 6.04 Å². The molecule has 16 heavy (non-hydrogen) atoms. The molecule has 1 saturated carbocycles. The molecule has 1 rings (SSSR count). The Labute approximate surface area is 99.3 Å². The van der Waals surface area contributed by atoms with Gasteiger partial charge >= 0.3 is 0 Å². The molecule has 0 amide bonds. The summed E-state index contributed by atoms with van der Waals surface area (Å²) < 4.78 is 10.8. The van der Waals surface area contributed by atoms with Crippen molar-refractivity contribution >= 4 is 0 Å². The fraction of sp³-hybridized carbons (Fsp3) is 1.00. The number of nitrogens with one attached hydrogen (secondary N) is 1. The van der Waals surface area contributed by atoms with Crippen molar-refractivity contribution in [2.75, 3.05) is 54.1 Å². The van der Waals surface area contributed by atoms with Gasteiger partial charge in [-0.3, -0.25) is 0 Å². The quantitative estimate of drug-likeness (QED) is 0.557. The van der Waals surface area contributed by atoms with Crippen molar-refractivity contribution in [2.45, 2.75) is 18.9 Å². The summed E-state index contributed by atoms with van der Waals surface area (Å²) in [5, 5.41) is 3.25. The number of ether oxygens (including phenoxy) is 2.